The maximum absolute atomic E-state index is 13.8. The van der Waals surface area contributed by atoms with E-state index in [1.165, 1.54) is 53.4 Å². The number of benzene rings is 2. The third-order valence-corrected chi connectivity index (χ3v) is 4.35. The summed E-state index contributed by atoms with van der Waals surface area (Å²) in [6, 6.07) is 15.0. The molecule has 3 rings (SSSR count). The zero-order valence-electron chi connectivity index (χ0n) is 15.3. The Balaban J connectivity index is 2.35. The van der Waals surface area contributed by atoms with Gasteiger partial charge in [0.25, 0.3) is 0 Å². The fraction of sp³-hybridized carbons (Fsp3) is 0.300. The molecule has 0 spiro atoms. The van der Waals surface area contributed by atoms with Crippen molar-refractivity contribution in [1.29, 1.82) is 0 Å². The third-order valence-electron chi connectivity index (χ3n) is 4.35. The summed E-state index contributed by atoms with van der Waals surface area (Å²) in [5.74, 6) is -0.841. The van der Waals surface area contributed by atoms with Crippen LogP contribution in [0.5, 0.6) is 0 Å². The van der Waals surface area contributed by atoms with E-state index in [-0.39, 0.29) is 17.7 Å². The van der Waals surface area contributed by atoms with Crippen molar-refractivity contribution in [3.05, 3.63) is 71.8 Å². The SMILES string of the molecule is CCCN1C(c2ccccc2)=NC(C(F)(F)F)(C(F)(F)F)N=C1c1ccccc1. The van der Waals surface area contributed by atoms with E-state index in [1.807, 2.05) is 0 Å². The van der Waals surface area contributed by atoms with E-state index < -0.39 is 29.7 Å². The number of halogens is 6. The van der Waals surface area contributed by atoms with Crippen LogP contribution in [0.2, 0.25) is 0 Å². The van der Waals surface area contributed by atoms with Crippen LogP contribution in [0.3, 0.4) is 0 Å². The number of alkyl halides is 6. The van der Waals surface area contributed by atoms with Gasteiger partial charge in [-0.25, -0.2) is 9.98 Å². The third kappa shape index (κ3) is 3.73. The minimum Gasteiger partial charge on any atom is -0.310 e. The summed E-state index contributed by atoms with van der Waals surface area (Å²) in [6.07, 6.45) is -11.1. The van der Waals surface area contributed by atoms with Gasteiger partial charge in [-0.05, 0) is 6.42 Å². The van der Waals surface area contributed by atoms with Crippen LogP contribution in [0.25, 0.3) is 0 Å². The normalized spacial score (nSPS) is 17.0. The lowest BCUT2D eigenvalue weighted by Crippen LogP contribution is -2.59. The number of aliphatic imine (C=N–C) groups is 2. The minimum absolute atomic E-state index is 0.141. The Bertz CT molecular complexity index is 828. The summed E-state index contributed by atoms with van der Waals surface area (Å²) >= 11 is 0. The van der Waals surface area contributed by atoms with Gasteiger partial charge in [0.05, 0.1) is 0 Å². The van der Waals surface area contributed by atoms with Crippen molar-refractivity contribution in [3.63, 3.8) is 0 Å². The molecule has 0 saturated carbocycles. The van der Waals surface area contributed by atoms with Crippen LogP contribution >= 0.6 is 0 Å². The summed E-state index contributed by atoms with van der Waals surface area (Å²) < 4.78 is 83.0. The fourth-order valence-electron chi connectivity index (χ4n) is 3.02. The van der Waals surface area contributed by atoms with Gasteiger partial charge in [0.15, 0.2) is 0 Å². The number of rotatable bonds is 4. The first kappa shape index (κ1) is 20.9. The molecule has 3 nitrogen and oxygen atoms in total. The van der Waals surface area contributed by atoms with E-state index >= 15 is 0 Å². The maximum atomic E-state index is 13.8. The Labute approximate surface area is 163 Å². The molecule has 9 heteroatoms. The van der Waals surface area contributed by atoms with E-state index in [4.69, 9.17) is 0 Å². The van der Waals surface area contributed by atoms with Crippen LogP contribution < -0.4 is 0 Å². The lowest BCUT2D eigenvalue weighted by Gasteiger charge is -2.39. The van der Waals surface area contributed by atoms with Gasteiger partial charge < -0.3 is 4.90 Å². The van der Waals surface area contributed by atoms with Gasteiger partial charge in [-0.2, -0.15) is 26.3 Å². The highest BCUT2D eigenvalue weighted by molar-refractivity contribution is 6.16. The molecule has 0 saturated heterocycles. The summed E-state index contributed by atoms with van der Waals surface area (Å²) in [5, 5.41) is 0. The van der Waals surface area contributed by atoms with Gasteiger partial charge in [0.2, 0.25) is 0 Å². The molecule has 1 heterocycles. The Morgan fingerprint density at radius 3 is 1.41 bits per heavy atom. The molecule has 0 radical (unpaired) electrons. The van der Waals surface area contributed by atoms with Crippen LogP contribution in [0.1, 0.15) is 24.5 Å². The van der Waals surface area contributed by atoms with Crippen LogP contribution in [-0.4, -0.2) is 41.1 Å². The number of hydrogen-bond acceptors (Lipinski definition) is 3. The second-order valence-corrected chi connectivity index (χ2v) is 6.42. The first-order valence-corrected chi connectivity index (χ1v) is 8.82. The molecule has 0 unspecified atom stereocenters. The molecule has 0 aromatic heterocycles. The molecule has 1 aliphatic heterocycles. The lowest BCUT2D eigenvalue weighted by molar-refractivity contribution is -0.292. The predicted octanol–water partition coefficient (Wildman–Crippen LogP) is 5.43. The highest BCUT2D eigenvalue weighted by atomic mass is 19.4. The number of nitrogens with zero attached hydrogens (tertiary/aromatic N) is 3. The molecule has 2 aromatic rings. The molecule has 0 fully saturated rings. The first-order chi connectivity index (χ1) is 13.6. The van der Waals surface area contributed by atoms with Crippen molar-refractivity contribution in [2.75, 3.05) is 6.54 Å². The first-order valence-electron chi connectivity index (χ1n) is 8.82. The standard InChI is InChI=1S/C20H17F6N3/c1-2-13-29-16(14-9-5-3-6-10-14)27-18(19(21,22)23,20(24,25)26)28-17(29)15-11-7-4-8-12-15/h3-12H,2,13H2,1H3. The van der Waals surface area contributed by atoms with Crippen molar-refractivity contribution in [3.8, 4) is 0 Å². The topological polar surface area (TPSA) is 28.0 Å². The van der Waals surface area contributed by atoms with Crippen molar-refractivity contribution >= 4 is 11.7 Å². The average molecular weight is 413 g/mol. The smallest absolute Gasteiger partial charge is 0.310 e. The van der Waals surface area contributed by atoms with Crippen LogP contribution in [0.15, 0.2) is 70.6 Å². The minimum atomic E-state index is -5.77. The Hall–Kier alpha value is -2.84. The molecular formula is C20H17F6N3. The van der Waals surface area contributed by atoms with Crippen molar-refractivity contribution < 1.29 is 26.3 Å². The maximum Gasteiger partial charge on any atom is 0.443 e. The summed E-state index contributed by atoms with van der Waals surface area (Å²) in [7, 11) is 0. The Morgan fingerprint density at radius 1 is 0.724 bits per heavy atom. The largest absolute Gasteiger partial charge is 0.443 e. The predicted molar refractivity (Wildman–Crippen MR) is 97.8 cm³/mol. The van der Waals surface area contributed by atoms with Crippen LogP contribution in [0.4, 0.5) is 26.3 Å². The van der Waals surface area contributed by atoms with Crippen LogP contribution in [0, 0.1) is 0 Å². The number of amidine groups is 2. The molecular weight excluding hydrogens is 396 g/mol. The van der Waals surface area contributed by atoms with E-state index in [0.717, 1.165) is 0 Å². The van der Waals surface area contributed by atoms with Gasteiger partial charge in [-0.3, -0.25) is 0 Å². The highest BCUT2D eigenvalue weighted by Gasteiger charge is 2.73. The van der Waals surface area contributed by atoms with E-state index in [2.05, 4.69) is 9.98 Å². The monoisotopic (exact) mass is 413 g/mol. The summed E-state index contributed by atoms with van der Waals surface area (Å²) in [4.78, 5) is 7.72. The van der Waals surface area contributed by atoms with Gasteiger partial charge in [0.1, 0.15) is 11.7 Å². The van der Waals surface area contributed by atoms with Gasteiger partial charge in [0, 0.05) is 17.7 Å². The zero-order chi connectivity index (χ0) is 21.3. The average Bonchev–Trinajstić information content (AvgIpc) is 2.68. The molecule has 0 bridgehead atoms. The number of hydrogen-bond donors (Lipinski definition) is 0. The van der Waals surface area contributed by atoms with E-state index in [1.54, 1.807) is 19.1 Å². The molecule has 0 amide bonds. The highest BCUT2D eigenvalue weighted by Crippen LogP contribution is 2.49. The van der Waals surface area contributed by atoms with Gasteiger partial charge >= 0.3 is 18.0 Å². The second-order valence-electron chi connectivity index (χ2n) is 6.42. The Morgan fingerprint density at radius 2 is 1.10 bits per heavy atom. The lowest BCUT2D eigenvalue weighted by atomic mass is 10.0. The zero-order valence-corrected chi connectivity index (χ0v) is 15.3. The molecule has 2 aromatic carbocycles. The van der Waals surface area contributed by atoms with Crippen molar-refractivity contribution in [1.82, 2.24) is 4.90 Å². The summed E-state index contributed by atoms with van der Waals surface area (Å²) in [6.45, 7) is 1.91. The molecule has 0 N–H and O–H groups in total. The summed E-state index contributed by atoms with van der Waals surface area (Å²) in [5.41, 5.74) is -4.30. The molecule has 29 heavy (non-hydrogen) atoms. The van der Waals surface area contributed by atoms with Crippen LogP contribution in [-0.2, 0) is 0 Å². The molecule has 154 valence electrons. The van der Waals surface area contributed by atoms with E-state index in [0.29, 0.717) is 6.42 Å². The van der Waals surface area contributed by atoms with Gasteiger partial charge in [-0.1, -0.05) is 67.6 Å². The quantitative estimate of drug-likeness (QED) is 0.615. The fourth-order valence-corrected chi connectivity index (χ4v) is 3.02. The van der Waals surface area contributed by atoms with E-state index in [9.17, 15) is 26.3 Å². The van der Waals surface area contributed by atoms with Gasteiger partial charge in [-0.15, -0.1) is 0 Å². The molecule has 0 atom stereocenters. The Kier molecular flexibility index (Phi) is 5.42. The second kappa shape index (κ2) is 7.53. The molecule has 0 aliphatic carbocycles. The molecule has 1 aliphatic rings. The van der Waals surface area contributed by atoms with Crippen molar-refractivity contribution in [2.24, 2.45) is 9.98 Å². The van der Waals surface area contributed by atoms with Crippen molar-refractivity contribution in [2.45, 2.75) is 31.4 Å².